The molecule has 2 aromatic carbocycles. The second kappa shape index (κ2) is 11.2. The molecule has 0 bridgehead atoms. The first-order valence-electron chi connectivity index (χ1n) is 11.4. The molecule has 1 fully saturated rings. The van der Waals surface area contributed by atoms with Crippen LogP contribution in [-0.4, -0.2) is 56.8 Å². The maximum Gasteiger partial charge on any atom is 0.243 e. The van der Waals surface area contributed by atoms with E-state index in [1.165, 1.54) is 4.31 Å². The Morgan fingerprint density at radius 3 is 2.43 bits per heavy atom. The predicted molar refractivity (Wildman–Crippen MR) is 137 cm³/mol. The number of methoxy groups -OCH3 is 1. The van der Waals surface area contributed by atoms with Crippen LogP contribution in [0.1, 0.15) is 17.5 Å². The van der Waals surface area contributed by atoms with Gasteiger partial charge in [0.05, 0.1) is 17.7 Å². The number of nitrogens with zero attached hydrogens (tertiary/aromatic N) is 3. The van der Waals surface area contributed by atoms with E-state index in [2.05, 4.69) is 9.88 Å². The number of halogens is 1. The van der Waals surface area contributed by atoms with E-state index >= 15 is 0 Å². The van der Waals surface area contributed by atoms with E-state index in [-0.39, 0.29) is 17.1 Å². The lowest BCUT2D eigenvalue weighted by atomic mass is 10.0. The maximum absolute atomic E-state index is 13.2. The average Bonchev–Trinajstić information content (AvgIpc) is 2.88. The summed E-state index contributed by atoms with van der Waals surface area (Å²) in [5.74, 6) is 0.813. The van der Waals surface area contributed by atoms with Crippen molar-refractivity contribution < 1.29 is 17.9 Å². The Bertz CT molecular complexity index is 1260. The van der Waals surface area contributed by atoms with Gasteiger partial charge in [0.2, 0.25) is 10.0 Å². The molecule has 9 heteroatoms. The second-order valence-electron chi connectivity index (χ2n) is 8.43. The normalized spacial score (nSPS) is 14.6. The molecule has 1 aliphatic heterocycles. The number of piperazine rings is 1. The summed E-state index contributed by atoms with van der Waals surface area (Å²) in [5.41, 5.74) is 2.68. The van der Waals surface area contributed by atoms with Gasteiger partial charge in [-0.15, -0.1) is 0 Å². The molecule has 0 saturated carbocycles. The molecule has 1 aromatic heterocycles. The molecule has 4 rings (SSSR count). The van der Waals surface area contributed by atoms with Gasteiger partial charge in [0.25, 0.3) is 0 Å². The average molecular weight is 514 g/mol. The van der Waals surface area contributed by atoms with Crippen molar-refractivity contribution in [3.63, 3.8) is 0 Å². The van der Waals surface area contributed by atoms with Crippen molar-refractivity contribution in [1.29, 1.82) is 0 Å². The highest BCUT2D eigenvalue weighted by Crippen LogP contribution is 2.32. The minimum Gasteiger partial charge on any atom is -0.495 e. The highest BCUT2D eigenvalue weighted by Gasteiger charge is 2.29. The van der Waals surface area contributed by atoms with Gasteiger partial charge in [-0.2, -0.15) is 4.31 Å². The molecule has 35 heavy (non-hydrogen) atoms. The van der Waals surface area contributed by atoms with Crippen molar-refractivity contribution in [2.75, 3.05) is 38.2 Å². The molecule has 3 aromatic rings. The monoisotopic (exact) mass is 513 g/mol. The van der Waals surface area contributed by atoms with Gasteiger partial charge in [-0.1, -0.05) is 29.8 Å². The summed E-state index contributed by atoms with van der Waals surface area (Å²) in [6.45, 7) is 1.76. The lowest BCUT2D eigenvalue weighted by Crippen LogP contribution is -2.48. The van der Waals surface area contributed by atoms with E-state index in [4.69, 9.17) is 16.3 Å². The van der Waals surface area contributed by atoms with Crippen LogP contribution in [0.4, 0.5) is 5.69 Å². The highest BCUT2D eigenvalue weighted by molar-refractivity contribution is 7.89. The topological polar surface area (TPSA) is 79.8 Å². The molecule has 0 spiro atoms. The Labute approximate surface area is 211 Å². The van der Waals surface area contributed by atoms with Crippen LogP contribution in [0, 0.1) is 0 Å². The SMILES string of the molecule is COc1ccc(Cl)cc1N1CCN(S(=O)(=O)c2ccc(CC(=O)CCc3cccnc3)cc2)CC1. The van der Waals surface area contributed by atoms with Crippen LogP contribution in [0.25, 0.3) is 0 Å². The molecule has 2 heterocycles. The summed E-state index contributed by atoms with van der Waals surface area (Å²) >= 11 is 6.15. The van der Waals surface area contributed by atoms with Gasteiger partial charge < -0.3 is 9.64 Å². The number of aryl methyl sites for hydroxylation is 1. The fourth-order valence-electron chi connectivity index (χ4n) is 4.15. The number of anilines is 1. The van der Waals surface area contributed by atoms with E-state index in [0.717, 1.165) is 16.8 Å². The Kier molecular flexibility index (Phi) is 8.05. The number of ketones is 1. The fraction of sp³-hybridized carbons (Fsp3) is 0.308. The smallest absolute Gasteiger partial charge is 0.243 e. The van der Waals surface area contributed by atoms with Crippen LogP contribution in [0.5, 0.6) is 5.75 Å². The Hall–Kier alpha value is -2.94. The van der Waals surface area contributed by atoms with Crippen LogP contribution in [0.15, 0.2) is 71.9 Å². The van der Waals surface area contributed by atoms with Gasteiger partial charge in [-0.05, 0) is 53.9 Å². The summed E-state index contributed by atoms with van der Waals surface area (Å²) in [6.07, 6.45) is 4.82. The molecule has 0 N–H and O–H groups in total. The first kappa shape index (κ1) is 25.2. The summed E-state index contributed by atoms with van der Waals surface area (Å²) in [4.78, 5) is 18.7. The van der Waals surface area contributed by atoms with Gasteiger partial charge in [0, 0.05) is 56.4 Å². The molecule has 0 amide bonds. The van der Waals surface area contributed by atoms with Crippen molar-refractivity contribution in [3.05, 3.63) is 83.1 Å². The maximum atomic E-state index is 13.2. The number of aromatic nitrogens is 1. The van der Waals surface area contributed by atoms with E-state index < -0.39 is 10.0 Å². The number of carbonyl (C=O) groups is 1. The van der Waals surface area contributed by atoms with E-state index in [9.17, 15) is 13.2 Å². The fourth-order valence-corrected chi connectivity index (χ4v) is 5.74. The number of ether oxygens (including phenoxy) is 1. The minimum atomic E-state index is -3.63. The number of sulfonamides is 1. The number of hydrogen-bond acceptors (Lipinski definition) is 6. The van der Waals surface area contributed by atoms with Crippen LogP contribution in [0.3, 0.4) is 0 Å². The summed E-state index contributed by atoms with van der Waals surface area (Å²) in [7, 11) is -2.02. The standard InChI is InChI=1S/C26H28ClN3O4S/c1-34-26-11-7-22(27)18-25(26)29-13-15-30(16-14-29)35(32,33)24-9-5-20(6-10-24)17-23(31)8-4-21-3-2-12-28-19-21/h2-3,5-7,9-12,18-19H,4,8,13-17H2,1H3. The number of pyridine rings is 1. The minimum absolute atomic E-state index is 0.108. The quantitative estimate of drug-likeness (QED) is 0.430. The Morgan fingerprint density at radius 2 is 1.77 bits per heavy atom. The molecular formula is C26H28ClN3O4S. The molecule has 0 aliphatic carbocycles. The zero-order valence-corrected chi connectivity index (χ0v) is 21.1. The van der Waals surface area contributed by atoms with Gasteiger partial charge in [0.1, 0.15) is 11.5 Å². The molecule has 1 saturated heterocycles. The van der Waals surface area contributed by atoms with Crippen molar-refractivity contribution in [3.8, 4) is 5.75 Å². The largest absolute Gasteiger partial charge is 0.495 e. The number of carbonyl (C=O) groups excluding carboxylic acids is 1. The van der Waals surface area contributed by atoms with E-state index in [1.54, 1.807) is 49.8 Å². The van der Waals surface area contributed by atoms with Crippen LogP contribution in [-0.2, 0) is 27.7 Å². The molecule has 7 nitrogen and oxygen atoms in total. The van der Waals surface area contributed by atoms with Crippen LogP contribution in [0.2, 0.25) is 5.02 Å². The van der Waals surface area contributed by atoms with Gasteiger partial charge in [-0.3, -0.25) is 9.78 Å². The van der Waals surface area contributed by atoms with E-state index in [1.807, 2.05) is 24.3 Å². The second-order valence-corrected chi connectivity index (χ2v) is 10.8. The summed E-state index contributed by atoms with van der Waals surface area (Å²) in [5, 5.41) is 0.603. The predicted octanol–water partition coefficient (Wildman–Crippen LogP) is 4.00. The Morgan fingerprint density at radius 1 is 1.03 bits per heavy atom. The Balaban J connectivity index is 1.34. The number of benzene rings is 2. The molecule has 0 radical (unpaired) electrons. The zero-order chi connectivity index (χ0) is 24.8. The lowest BCUT2D eigenvalue weighted by molar-refractivity contribution is -0.118. The zero-order valence-electron chi connectivity index (χ0n) is 19.6. The van der Waals surface area contributed by atoms with Crippen molar-refractivity contribution in [2.45, 2.75) is 24.2 Å². The highest BCUT2D eigenvalue weighted by atomic mass is 35.5. The van der Waals surface area contributed by atoms with Gasteiger partial charge >= 0.3 is 0 Å². The first-order chi connectivity index (χ1) is 16.9. The van der Waals surface area contributed by atoms with E-state index in [0.29, 0.717) is 49.8 Å². The molecule has 0 unspecified atom stereocenters. The summed E-state index contributed by atoms with van der Waals surface area (Å²) in [6, 6.07) is 15.8. The molecule has 184 valence electrons. The molecule has 0 atom stereocenters. The number of rotatable bonds is 9. The van der Waals surface area contributed by atoms with Crippen LogP contribution >= 0.6 is 11.6 Å². The third kappa shape index (κ3) is 6.20. The number of hydrogen-bond donors (Lipinski definition) is 0. The first-order valence-corrected chi connectivity index (χ1v) is 13.3. The summed E-state index contributed by atoms with van der Waals surface area (Å²) < 4.78 is 33.3. The lowest BCUT2D eigenvalue weighted by Gasteiger charge is -2.36. The molecular weight excluding hydrogens is 486 g/mol. The van der Waals surface area contributed by atoms with Crippen LogP contribution < -0.4 is 9.64 Å². The van der Waals surface area contributed by atoms with Crippen molar-refractivity contribution in [2.24, 2.45) is 0 Å². The van der Waals surface area contributed by atoms with Gasteiger partial charge in [-0.25, -0.2) is 8.42 Å². The third-order valence-electron chi connectivity index (χ3n) is 6.10. The number of Topliss-reactive ketones (excluding diaryl/α,β-unsaturated/α-hetero) is 1. The third-order valence-corrected chi connectivity index (χ3v) is 8.25. The van der Waals surface area contributed by atoms with Gasteiger partial charge in [0.15, 0.2) is 0 Å². The molecule has 1 aliphatic rings. The van der Waals surface area contributed by atoms with Crippen molar-refractivity contribution in [1.82, 2.24) is 9.29 Å². The van der Waals surface area contributed by atoms with Crippen molar-refractivity contribution >= 4 is 33.1 Å².